The molecule has 0 fully saturated rings. The Balaban J connectivity index is 2.20. The lowest BCUT2D eigenvalue weighted by Gasteiger charge is -2.09. The molecule has 1 N–H and O–H groups in total. The fourth-order valence-corrected chi connectivity index (χ4v) is 2.28. The molecular formula is C14H12Cl2N2O2. The number of nitrogens with zero attached hydrogens (tertiary/aromatic N) is 1. The Morgan fingerprint density at radius 1 is 1.20 bits per heavy atom. The molecule has 0 aliphatic carbocycles. The van der Waals surface area contributed by atoms with E-state index in [-0.39, 0.29) is 5.69 Å². The highest BCUT2D eigenvalue weighted by atomic mass is 35.5. The number of benzene rings is 2. The minimum atomic E-state index is -0.445. The van der Waals surface area contributed by atoms with Crippen LogP contribution in [0.4, 0.5) is 11.4 Å². The summed E-state index contributed by atoms with van der Waals surface area (Å²) in [7, 11) is 0. The Morgan fingerprint density at radius 3 is 2.60 bits per heavy atom. The van der Waals surface area contributed by atoms with Crippen LogP contribution >= 0.6 is 23.2 Å². The van der Waals surface area contributed by atoms with Gasteiger partial charge in [-0.2, -0.15) is 0 Å². The van der Waals surface area contributed by atoms with E-state index < -0.39 is 4.92 Å². The fourth-order valence-electron chi connectivity index (χ4n) is 1.81. The Morgan fingerprint density at radius 2 is 1.95 bits per heavy atom. The molecule has 2 aromatic rings. The van der Waals surface area contributed by atoms with Gasteiger partial charge in [0.15, 0.2) is 0 Å². The first kappa shape index (κ1) is 14.6. The summed E-state index contributed by atoms with van der Waals surface area (Å²) in [5.41, 5.74) is 2.34. The van der Waals surface area contributed by atoms with Crippen molar-refractivity contribution in [3.63, 3.8) is 0 Å². The summed E-state index contributed by atoms with van der Waals surface area (Å²) in [5.74, 6) is 0. The van der Waals surface area contributed by atoms with E-state index in [1.807, 2.05) is 25.1 Å². The number of nitrogens with one attached hydrogen (secondary N) is 1. The third-order valence-corrected chi connectivity index (χ3v) is 3.39. The number of hydrogen-bond donors (Lipinski definition) is 1. The summed E-state index contributed by atoms with van der Waals surface area (Å²) in [6.07, 6.45) is 0. The van der Waals surface area contributed by atoms with Crippen molar-refractivity contribution in [2.45, 2.75) is 13.5 Å². The molecule has 2 aromatic carbocycles. The molecule has 6 heteroatoms. The van der Waals surface area contributed by atoms with Gasteiger partial charge in [-0.3, -0.25) is 10.1 Å². The van der Waals surface area contributed by atoms with E-state index >= 15 is 0 Å². The quantitative estimate of drug-likeness (QED) is 0.650. The molecule has 2 rings (SSSR count). The number of anilines is 1. The number of hydrogen-bond acceptors (Lipinski definition) is 3. The van der Waals surface area contributed by atoms with Gasteiger partial charge in [-0.05, 0) is 36.8 Å². The van der Waals surface area contributed by atoms with Gasteiger partial charge in [0, 0.05) is 23.2 Å². The monoisotopic (exact) mass is 310 g/mol. The first-order valence-corrected chi connectivity index (χ1v) is 6.66. The summed E-state index contributed by atoms with van der Waals surface area (Å²) in [4.78, 5) is 10.5. The summed E-state index contributed by atoms with van der Waals surface area (Å²) >= 11 is 11.9. The second-order valence-corrected chi connectivity index (χ2v) is 5.21. The number of rotatable bonds is 4. The maximum atomic E-state index is 11.0. The summed E-state index contributed by atoms with van der Waals surface area (Å²) in [5, 5.41) is 15.0. The molecule has 0 bridgehead atoms. The van der Waals surface area contributed by atoms with Crippen molar-refractivity contribution >= 4 is 34.6 Å². The molecule has 0 heterocycles. The lowest BCUT2D eigenvalue weighted by atomic mass is 10.1. The topological polar surface area (TPSA) is 55.2 Å². The van der Waals surface area contributed by atoms with Crippen LogP contribution in [-0.4, -0.2) is 4.92 Å². The molecule has 20 heavy (non-hydrogen) atoms. The molecule has 0 atom stereocenters. The fraction of sp³-hybridized carbons (Fsp3) is 0.143. The van der Waals surface area contributed by atoms with Gasteiger partial charge in [0.2, 0.25) is 0 Å². The number of halogens is 2. The van der Waals surface area contributed by atoms with Crippen molar-refractivity contribution in [2.75, 3.05) is 5.32 Å². The van der Waals surface area contributed by atoms with Crippen molar-refractivity contribution in [3.05, 3.63) is 67.7 Å². The van der Waals surface area contributed by atoms with E-state index in [4.69, 9.17) is 23.2 Å². The average Bonchev–Trinajstić information content (AvgIpc) is 2.38. The van der Waals surface area contributed by atoms with Gasteiger partial charge in [-0.15, -0.1) is 0 Å². The number of nitro groups is 1. The predicted octanol–water partition coefficient (Wildman–Crippen LogP) is 4.82. The van der Waals surface area contributed by atoms with Crippen LogP contribution in [-0.2, 0) is 6.54 Å². The minimum absolute atomic E-state index is 0.00626. The Kier molecular flexibility index (Phi) is 4.47. The highest BCUT2D eigenvalue weighted by molar-refractivity contribution is 6.33. The normalized spacial score (nSPS) is 10.3. The van der Waals surface area contributed by atoms with Gasteiger partial charge in [-0.25, -0.2) is 0 Å². The molecular weight excluding hydrogens is 299 g/mol. The Labute approximate surface area is 126 Å². The molecule has 0 aromatic heterocycles. The van der Waals surface area contributed by atoms with Crippen molar-refractivity contribution in [3.8, 4) is 0 Å². The second-order valence-electron chi connectivity index (χ2n) is 4.37. The molecule has 0 amide bonds. The second kappa shape index (κ2) is 6.11. The van der Waals surface area contributed by atoms with Gasteiger partial charge < -0.3 is 5.32 Å². The first-order valence-electron chi connectivity index (χ1n) is 5.90. The zero-order valence-corrected chi connectivity index (χ0v) is 12.2. The van der Waals surface area contributed by atoms with E-state index in [1.54, 1.807) is 12.1 Å². The summed E-state index contributed by atoms with van der Waals surface area (Å²) < 4.78 is 0. The minimum Gasteiger partial charge on any atom is -0.379 e. The van der Waals surface area contributed by atoms with Crippen LogP contribution in [0, 0.1) is 17.0 Å². The van der Waals surface area contributed by atoms with Crippen LogP contribution in [0.2, 0.25) is 10.0 Å². The van der Waals surface area contributed by atoms with E-state index in [0.717, 1.165) is 11.3 Å². The van der Waals surface area contributed by atoms with Crippen LogP contribution < -0.4 is 5.32 Å². The molecule has 104 valence electrons. The van der Waals surface area contributed by atoms with E-state index in [9.17, 15) is 10.1 Å². The number of aryl methyl sites for hydroxylation is 1. The summed E-state index contributed by atoms with van der Waals surface area (Å²) in [6.45, 7) is 2.25. The zero-order chi connectivity index (χ0) is 14.7. The van der Waals surface area contributed by atoms with Crippen LogP contribution in [0.1, 0.15) is 11.1 Å². The third kappa shape index (κ3) is 3.40. The summed E-state index contributed by atoms with van der Waals surface area (Å²) in [6, 6.07) is 10.2. The van der Waals surface area contributed by atoms with Gasteiger partial charge in [-0.1, -0.05) is 29.3 Å². The Hall–Kier alpha value is -1.78. The average molecular weight is 311 g/mol. The third-order valence-electron chi connectivity index (χ3n) is 2.84. The highest BCUT2D eigenvalue weighted by Gasteiger charge is 2.14. The van der Waals surface area contributed by atoms with E-state index in [2.05, 4.69) is 5.32 Å². The zero-order valence-electron chi connectivity index (χ0n) is 10.7. The van der Waals surface area contributed by atoms with Crippen molar-refractivity contribution in [2.24, 2.45) is 0 Å². The Bertz CT molecular complexity index is 660. The molecule has 0 spiro atoms. The lowest BCUT2D eigenvalue weighted by Crippen LogP contribution is -2.03. The van der Waals surface area contributed by atoms with E-state index in [1.165, 1.54) is 6.07 Å². The van der Waals surface area contributed by atoms with Crippen LogP contribution in [0.5, 0.6) is 0 Å². The van der Waals surface area contributed by atoms with Crippen molar-refractivity contribution < 1.29 is 4.92 Å². The van der Waals surface area contributed by atoms with Crippen molar-refractivity contribution in [1.82, 2.24) is 0 Å². The molecule has 0 aliphatic heterocycles. The highest BCUT2D eigenvalue weighted by Crippen LogP contribution is 2.26. The predicted molar refractivity (Wildman–Crippen MR) is 81.6 cm³/mol. The van der Waals surface area contributed by atoms with Gasteiger partial charge >= 0.3 is 0 Å². The van der Waals surface area contributed by atoms with E-state index in [0.29, 0.717) is 22.2 Å². The molecule has 0 saturated carbocycles. The van der Waals surface area contributed by atoms with Crippen LogP contribution in [0.25, 0.3) is 0 Å². The first-order chi connectivity index (χ1) is 9.47. The largest absolute Gasteiger partial charge is 0.379 e. The molecule has 4 nitrogen and oxygen atoms in total. The van der Waals surface area contributed by atoms with Crippen LogP contribution in [0.15, 0.2) is 36.4 Å². The number of nitro benzene ring substituents is 1. The smallest absolute Gasteiger partial charge is 0.275 e. The van der Waals surface area contributed by atoms with Gasteiger partial charge in [0.1, 0.15) is 0 Å². The molecule has 0 unspecified atom stereocenters. The maximum Gasteiger partial charge on any atom is 0.275 e. The lowest BCUT2D eigenvalue weighted by molar-refractivity contribution is -0.385. The van der Waals surface area contributed by atoms with Gasteiger partial charge in [0.05, 0.1) is 15.6 Å². The van der Waals surface area contributed by atoms with Crippen molar-refractivity contribution in [1.29, 1.82) is 0 Å². The van der Waals surface area contributed by atoms with Gasteiger partial charge in [0.25, 0.3) is 5.69 Å². The standard InChI is InChI=1S/C14H12Cl2N2O2/c1-9-2-5-13(12(16)6-9)17-8-10-3-4-11(15)7-14(10)18(19)20/h2-7,17H,8H2,1H3. The molecule has 0 aliphatic rings. The van der Waals surface area contributed by atoms with Crippen LogP contribution in [0.3, 0.4) is 0 Å². The molecule has 0 radical (unpaired) electrons. The molecule has 0 saturated heterocycles. The SMILES string of the molecule is Cc1ccc(NCc2ccc(Cl)cc2[N+](=O)[O-])c(Cl)c1. The maximum absolute atomic E-state index is 11.0.